The Hall–Kier alpha value is -1.93. The predicted molar refractivity (Wildman–Crippen MR) is 276 cm³/mol. The third-order valence-electron chi connectivity index (χ3n) is 13.2. The molecule has 0 aliphatic rings. The fourth-order valence-electron chi connectivity index (χ4n) is 8.80. The van der Waals surface area contributed by atoms with Crippen LogP contribution < -0.4 is 0 Å². The highest BCUT2D eigenvalue weighted by Gasteiger charge is 2.31. The lowest BCUT2D eigenvalue weighted by Gasteiger charge is -2.31. The summed E-state index contributed by atoms with van der Waals surface area (Å²) in [4.78, 5) is 37.2. The van der Waals surface area contributed by atoms with Gasteiger partial charge in [0.15, 0.2) is 12.1 Å². The molecule has 0 aromatic rings. The number of aliphatic carboxylic acids is 1. The average Bonchev–Trinajstić information content (AvgIpc) is 3.27. The Balaban J connectivity index is 4.15. The van der Waals surface area contributed by atoms with Gasteiger partial charge in [0.05, 0.1) is 34.4 Å². The van der Waals surface area contributed by atoms with Gasteiger partial charge in [-0.15, -0.1) is 0 Å². The van der Waals surface area contributed by atoms with Gasteiger partial charge in [0.1, 0.15) is 6.61 Å². The zero-order chi connectivity index (χ0) is 47.7. The third kappa shape index (κ3) is 46.9. The number of likely N-dealkylation sites (N-methyl/N-ethyl adjacent to an activating group) is 1. The first kappa shape index (κ1) is 63.1. The summed E-state index contributed by atoms with van der Waals surface area (Å²) in [7, 11) is 5.55. The van der Waals surface area contributed by atoms with Crippen molar-refractivity contribution in [1.82, 2.24) is 0 Å². The van der Waals surface area contributed by atoms with E-state index in [1.165, 1.54) is 212 Å². The van der Waals surface area contributed by atoms with Gasteiger partial charge in [-0.25, -0.2) is 4.79 Å². The first-order valence-corrected chi connectivity index (χ1v) is 28.2. The van der Waals surface area contributed by atoms with E-state index in [9.17, 15) is 19.5 Å². The Labute approximate surface area is 403 Å². The Bertz CT molecular complexity index is 1070. The molecule has 1 N–H and O–H groups in total. The van der Waals surface area contributed by atoms with Crippen molar-refractivity contribution in [3.05, 3.63) is 12.2 Å². The van der Waals surface area contributed by atoms with E-state index >= 15 is 0 Å². The molecule has 0 aromatic carbocycles. The molecule has 0 aliphatic heterocycles. The van der Waals surface area contributed by atoms with Crippen LogP contribution in [0.2, 0.25) is 0 Å². The number of hydrogen-bond donors (Lipinski definition) is 1. The van der Waals surface area contributed by atoms with Crippen molar-refractivity contribution in [1.29, 1.82) is 0 Å². The number of ether oxygens (including phenoxy) is 3. The van der Waals surface area contributed by atoms with Crippen LogP contribution in [0.15, 0.2) is 12.2 Å². The van der Waals surface area contributed by atoms with E-state index in [-0.39, 0.29) is 36.2 Å². The van der Waals surface area contributed by atoms with E-state index in [2.05, 4.69) is 26.0 Å². The summed E-state index contributed by atoms with van der Waals surface area (Å²) in [5.74, 6) is -1.45. The normalized spacial score (nSPS) is 12.8. The molecular weight excluding hydrogens is 811 g/mol. The van der Waals surface area contributed by atoms with Gasteiger partial charge < -0.3 is 23.8 Å². The summed E-state index contributed by atoms with van der Waals surface area (Å²) in [6, 6.07) is -0.612. The van der Waals surface area contributed by atoms with Gasteiger partial charge in [-0.05, 0) is 38.5 Å². The molecule has 0 fully saturated rings. The lowest BCUT2D eigenvalue weighted by molar-refractivity contribution is -0.887. The van der Waals surface area contributed by atoms with Crippen molar-refractivity contribution < 1.29 is 38.2 Å². The Morgan fingerprint density at radius 3 is 1.11 bits per heavy atom. The van der Waals surface area contributed by atoms with Crippen molar-refractivity contribution in [2.24, 2.45) is 0 Å². The highest BCUT2D eigenvalue weighted by molar-refractivity contribution is 5.72. The van der Waals surface area contributed by atoms with E-state index in [4.69, 9.17) is 14.2 Å². The third-order valence-corrected chi connectivity index (χ3v) is 13.2. The first-order chi connectivity index (χ1) is 31.6. The molecule has 0 aromatic heterocycles. The molecule has 0 aliphatic carbocycles. The standard InChI is InChI=1S/C57H109NO7/c1-6-8-10-12-14-16-18-20-22-24-26-27-28-29-30-32-34-36-38-40-42-44-46-48-56(60)65-53(51-63-50-49-54(57(61)62)58(3,4)5)52-64-55(59)47-45-43-41-39-37-35-33-31-25-23-21-19-17-15-13-11-9-7-2/h29-30,53-54H,6-28,31-52H2,1-5H3/p+1/b30-29+. The number of carbonyl (C=O) groups is 3. The number of esters is 2. The number of hydrogen-bond acceptors (Lipinski definition) is 6. The Morgan fingerprint density at radius 1 is 0.446 bits per heavy atom. The minimum Gasteiger partial charge on any atom is -0.477 e. The second-order valence-electron chi connectivity index (χ2n) is 20.6. The Morgan fingerprint density at radius 2 is 0.769 bits per heavy atom. The molecule has 0 saturated heterocycles. The van der Waals surface area contributed by atoms with Crippen LogP contribution in [-0.4, -0.2) is 80.6 Å². The van der Waals surface area contributed by atoms with Crippen molar-refractivity contribution >= 4 is 17.9 Å². The largest absolute Gasteiger partial charge is 0.477 e. The number of nitrogens with zero attached hydrogens (tertiary/aromatic N) is 1. The van der Waals surface area contributed by atoms with Crippen molar-refractivity contribution in [3.63, 3.8) is 0 Å². The Kier molecular flexibility index (Phi) is 47.1. The minimum absolute atomic E-state index is 0.0457. The second-order valence-corrected chi connectivity index (χ2v) is 20.6. The van der Waals surface area contributed by atoms with E-state index in [1.807, 2.05) is 21.1 Å². The van der Waals surface area contributed by atoms with Crippen LogP contribution >= 0.6 is 0 Å². The van der Waals surface area contributed by atoms with Crippen LogP contribution in [-0.2, 0) is 28.6 Å². The minimum atomic E-state index is -0.870. The highest BCUT2D eigenvalue weighted by atomic mass is 16.6. The lowest BCUT2D eigenvalue weighted by atomic mass is 10.0. The summed E-state index contributed by atoms with van der Waals surface area (Å²) >= 11 is 0. The van der Waals surface area contributed by atoms with Crippen molar-refractivity contribution in [2.75, 3.05) is 41.0 Å². The maximum Gasteiger partial charge on any atom is 0.362 e. The summed E-state index contributed by atoms with van der Waals surface area (Å²) in [5, 5.41) is 9.67. The molecule has 2 unspecified atom stereocenters. The van der Waals surface area contributed by atoms with Gasteiger partial charge in [-0.3, -0.25) is 9.59 Å². The zero-order valence-electron chi connectivity index (χ0n) is 44.0. The number of carboxylic acid groups (broad SMARTS) is 1. The van der Waals surface area contributed by atoms with Crippen LogP contribution in [0.25, 0.3) is 0 Å². The van der Waals surface area contributed by atoms with E-state index in [0.29, 0.717) is 19.3 Å². The fraction of sp³-hybridized carbons (Fsp3) is 0.912. The maximum atomic E-state index is 12.8. The van der Waals surface area contributed by atoms with Crippen LogP contribution in [0.1, 0.15) is 284 Å². The van der Waals surface area contributed by atoms with Gasteiger partial charge in [-0.2, -0.15) is 0 Å². The summed E-state index contributed by atoms with van der Waals surface area (Å²) in [6.07, 6.45) is 55.6. The summed E-state index contributed by atoms with van der Waals surface area (Å²) in [5.41, 5.74) is 0. The number of rotatable bonds is 52. The van der Waals surface area contributed by atoms with Gasteiger partial charge in [-0.1, -0.05) is 238 Å². The molecule has 384 valence electrons. The van der Waals surface area contributed by atoms with Gasteiger partial charge in [0.2, 0.25) is 0 Å². The number of unbranched alkanes of at least 4 members (excludes halogenated alkanes) is 36. The smallest absolute Gasteiger partial charge is 0.362 e. The second kappa shape index (κ2) is 48.5. The predicted octanol–water partition coefficient (Wildman–Crippen LogP) is 16.6. The monoisotopic (exact) mass is 921 g/mol. The maximum absolute atomic E-state index is 12.8. The topological polar surface area (TPSA) is 99.1 Å². The quantitative estimate of drug-likeness (QED) is 0.0281. The molecule has 0 heterocycles. The zero-order valence-corrected chi connectivity index (χ0v) is 44.0. The summed E-state index contributed by atoms with van der Waals surface area (Å²) in [6.45, 7) is 4.80. The molecular formula is C57H110NO7+. The van der Waals surface area contributed by atoms with Gasteiger partial charge in [0.25, 0.3) is 0 Å². The van der Waals surface area contributed by atoms with E-state index in [0.717, 1.165) is 38.5 Å². The molecule has 0 radical (unpaired) electrons. The molecule has 0 amide bonds. The molecule has 0 saturated carbocycles. The van der Waals surface area contributed by atoms with E-state index in [1.54, 1.807) is 0 Å². The number of quaternary nitrogens is 1. The van der Waals surface area contributed by atoms with Gasteiger partial charge in [0, 0.05) is 19.3 Å². The SMILES string of the molecule is CCCCCCCCCCCCCC/C=C/CCCCCCCCCC(=O)OC(COCCC(C(=O)O)[N+](C)(C)C)COC(=O)CCCCCCCCCCCCCCCCCCCC. The van der Waals surface area contributed by atoms with E-state index < -0.39 is 18.1 Å². The molecule has 0 bridgehead atoms. The molecule has 0 spiro atoms. The highest BCUT2D eigenvalue weighted by Crippen LogP contribution is 2.17. The lowest BCUT2D eigenvalue weighted by Crippen LogP contribution is -2.50. The van der Waals surface area contributed by atoms with Crippen LogP contribution in [0.4, 0.5) is 0 Å². The number of carboxylic acids is 1. The summed E-state index contributed by atoms with van der Waals surface area (Å²) < 4.78 is 17.4. The number of allylic oxidation sites excluding steroid dienone is 2. The van der Waals surface area contributed by atoms with Gasteiger partial charge >= 0.3 is 17.9 Å². The molecule has 8 heteroatoms. The van der Waals surface area contributed by atoms with Crippen molar-refractivity contribution in [3.8, 4) is 0 Å². The van der Waals surface area contributed by atoms with Crippen LogP contribution in [0.5, 0.6) is 0 Å². The molecule has 2 atom stereocenters. The number of carbonyl (C=O) groups excluding carboxylic acids is 2. The van der Waals surface area contributed by atoms with Crippen LogP contribution in [0.3, 0.4) is 0 Å². The molecule has 8 nitrogen and oxygen atoms in total. The first-order valence-electron chi connectivity index (χ1n) is 28.2. The fourth-order valence-corrected chi connectivity index (χ4v) is 8.80. The molecule has 65 heavy (non-hydrogen) atoms. The van der Waals surface area contributed by atoms with Crippen LogP contribution in [0, 0.1) is 0 Å². The molecule has 0 rings (SSSR count). The van der Waals surface area contributed by atoms with Crippen molar-refractivity contribution in [2.45, 2.75) is 296 Å². The average molecular weight is 922 g/mol.